The highest BCUT2D eigenvalue weighted by molar-refractivity contribution is 7.97. The number of rotatable bonds is 9. The fourth-order valence-electron chi connectivity index (χ4n) is 4.42. The van der Waals surface area contributed by atoms with Crippen molar-refractivity contribution in [3.05, 3.63) is 133 Å². The molecule has 1 heterocycles. The summed E-state index contributed by atoms with van der Waals surface area (Å²) >= 11 is 0. The Bertz CT molecular complexity index is 1770. The number of hydrogen-bond acceptors (Lipinski definition) is 7. The van der Waals surface area contributed by atoms with E-state index in [1.807, 2.05) is 37.3 Å². The zero-order valence-corrected chi connectivity index (χ0v) is 30.1. The molecule has 0 saturated heterocycles. The van der Waals surface area contributed by atoms with Gasteiger partial charge in [0.15, 0.2) is 14.7 Å². The van der Waals surface area contributed by atoms with Gasteiger partial charge in [-0.05, 0) is 146 Å². The lowest BCUT2D eigenvalue weighted by molar-refractivity contribution is 0.130. The first-order valence-corrected chi connectivity index (χ1v) is 18.2. The van der Waals surface area contributed by atoms with Crippen molar-refractivity contribution < 1.29 is 27.2 Å². The smallest absolute Gasteiger partial charge is 0.166 e. The molecule has 0 N–H and O–H groups in total. The van der Waals surface area contributed by atoms with Crippen LogP contribution in [-0.4, -0.2) is 29.2 Å². The molecule has 9 heteroatoms. The van der Waals surface area contributed by atoms with Crippen molar-refractivity contribution in [2.45, 2.75) is 85.9 Å². The number of benzene rings is 4. The quantitative estimate of drug-likeness (QED) is 0.113. The molecule has 4 aromatic carbocycles. The van der Waals surface area contributed by atoms with Crippen molar-refractivity contribution in [3.8, 4) is 17.2 Å². The van der Waals surface area contributed by atoms with Crippen LogP contribution in [0.25, 0.3) is 0 Å². The van der Waals surface area contributed by atoms with E-state index in [0.717, 1.165) is 28.5 Å². The third-order valence-corrected chi connectivity index (χ3v) is 9.53. The predicted octanol–water partition coefficient (Wildman–Crippen LogP) is 9.01. The molecular formula is C39H43NO6S2. The van der Waals surface area contributed by atoms with Gasteiger partial charge in [0.05, 0.1) is 21.5 Å². The maximum Gasteiger partial charge on any atom is 0.166 e. The molecule has 0 spiro atoms. The molecule has 0 atom stereocenters. The minimum Gasteiger partial charge on any atom is -0.744 e. The van der Waals surface area contributed by atoms with E-state index in [1.54, 1.807) is 18.3 Å². The van der Waals surface area contributed by atoms with E-state index in [0.29, 0.717) is 6.61 Å². The Morgan fingerprint density at radius 1 is 0.625 bits per heavy atom. The molecule has 0 radical (unpaired) electrons. The van der Waals surface area contributed by atoms with Crippen LogP contribution in [0.4, 0.5) is 0 Å². The molecule has 0 aliphatic carbocycles. The van der Waals surface area contributed by atoms with Crippen LogP contribution >= 0.6 is 0 Å². The number of ether oxygens (including phenoxy) is 3. The second kappa shape index (κ2) is 15.7. The summed E-state index contributed by atoms with van der Waals surface area (Å²) in [6.07, 6.45) is 1.78. The molecule has 0 bridgehead atoms. The lowest BCUT2D eigenvalue weighted by atomic mass is 10.2. The maximum absolute atomic E-state index is 10.4. The summed E-state index contributed by atoms with van der Waals surface area (Å²) in [5.74, 6) is 2.56. The summed E-state index contributed by atoms with van der Waals surface area (Å²) in [7, 11) is -4.57. The maximum atomic E-state index is 10.4. The van der Waals surface area contributed by atoms with E-state index < -0.39 is 10.1 Å². The molecule has 0 unspecified atom stereocenters. The summed E-state index contributed by atoms with van der Waals surface area (Å²) in [5.41, 5.74) is 1.35. The Balaban J connectivity index is 0.000000401. The third-order valence-electron chi connectivity index (χ3n) is 6.45. The number of aryl methyl sites for hydroxylation is 1. The molecule has 7 nitrogen and oxygen atoms in total. The standard InChI is InChI=1S/C32H36NO3S.C7H8O3S/c1-31(2,3)35-26-12-18-29(19-13-26)37(30-20-14-27(15-21-30)36-32(4,5)6)28-16-10-25(11-17-28)34-23-24-9-7-8-22-33-24;1-6-2-4-7(5-3-6)11(8,9)10/h7-22H,23H2,1-6H3;2-5H,1H3,(H,8,9,10)/q+1;/p-1. The predicted molar refractivity (Wildman–Crippen MR) is 190 cm³/mol. The number of pyridine rings is 1. The summed E-state index contributed by atoms with van der Waals surface area (Å²) in [5, 5.41) is 0. The Kier molecular flexibility index (Phi) is 12.0. The zero-order chi connectivity index (χ0) is 35.0. The molecule has 1 aromatic heterocycles. The van der Waals surface area contributed by atoms with Crippen LogP contribution in [0.3, 0.4) is 0 Å². The Labute approximate surface area is 288 Å². The van der Waals surface area contributed by atoms with Crippen molar-refractivity contribution >= 4 is 21.0 Å². The van der Waals surface area contributed by atoms with Crippen molar-refractivity contribution in [3.63, 3.8) is 0 Å². The molecule has 5 rings (SSSR count). The minimum atomic E-state index is -4.27. The van der Waals surface area contributed by atoms with Crippen LogP contribution in [0.2, 0.25) is 0 Å². The second-order valence-corrected chi connectivity index (χ2v) is 16.4. The fraction of sp³-hybridized carbons (Fsp3) is 0.256. The van der Waals surface area contributed by atoms with Gasteiger partial charge in [0.1, 0.15) is 45.2 Å². The van der Waals surface area contributed by atoms with Gasteiger partial charge < -0.3 is 18.8 Å². The lowest BCUT2D eigenvalue weighted by Crippen LogP contribution is -2.23. The van der Waals surface area contributed by atoms with Gasteiger partial charge in [-0.1, -0.05) is 23.8 Å². The van der Waals surface area contributed by atoms with Crippen molar-refractivity contribution in [2.24, 2.45) is 0 Å². The highest BCUT2D eigenvalue weighted by atomic mass is 32.2. The average molecular weight is 686 g/mol. The molecule has 0 fully saturated rings. The highest BCUT2D eigenvalue weighted by Gasteiger charge is 2.29. The highest BCUT2D eigenvalue weighted by Crippen LogP contribution is 2.35. The van der Waals surface area contributed by atoms with Gasteiger partial charge in [-0.15, -0.1) is 0 Å². The van der Waals surface area contributed by atoms with Gasteiger partial charge in [0.2, 0.25) is 0 Å². The van der Waals surface area contributed by atoms with E-state index in [2.05, 4.69) is 107 Å². The Hall–Kier alpha value is -4.31. The van der Waals surface area contributed by atoms with Gasteiger partial charge in [0, 0.05) is 6.20 Å². The van der Waals surface area contributed by atoms with Crippen LogP contribution in [0.5, 0.6) is 17.2 Å². The van der Waals surface area contributed by atoms with E-state index in [4.69, 9.17) is 14.2 Å². The van der Waals surface area contributed by atoms with Crippen LogP contribution < -0.4 is 14.2 Å². The number of aromatic nitrogens is 1. The lowest BCUT2D eigenvalue weighted by Gasteiger charge is -2.21. The Morgan fingerprint density at radius 3 is 1.44 bits per heavy atom. The first kappa shape index (κ1) is 36.5. The molecule has 5 aromatic rings. The van der Waals surface area contributed by atoms with Crippen LogP contribution in [0.1, 0.15) is 52.8 Å². The molecule has 252 valence electrons. The van der Waals surface area contributed by atoms with Gasteiger partial charge in [-0.2, -0.15) is 0 Å². The number of nitrogens with zero attached hydrogens (tertiary/aromatic N) is 1. The summed E-state index contributed by atoms with van der Waals surface area (Å²) < 4.78 is 49.2. The van der Waals surface area contributed by atoms with E-state index in [1.165, 1.54) is 26.8 Å². The van der Waals surface area contributed by atoms with Crippen molar-refractivity contribution in [2.75, 3.05) is 0 Å². The second-order valence-electron chi connectivity index (χ2n) is 13.0. The van der Waals surface area contributed by atoms with Gasteiger partial charge >= 0.3 is 0 Å². The largest absolute Gasteiger partial charge is 0.744 e. The molecule has 0 amide bonds. The van der Waals surface area contributed by atoms with Crippen LogP contribution in [-0.2, 0) is 27.6 Å². The van der Waals surface area contributed by atoms with Gasteiger partial charge in [-0.25, -0.2) is 8.42 Å². The SMILES string of the molecule is CC(C)(C)Oc1ccc([S+](c2ccc(OCc3ccccn3)cc2)c2ccc(OC(C)(C)C)cc2)cc1.Cc1ccc(S(=O)(=O)[O-])cc1. The molecule has 0 aliphatic heterocycles. The molecular weight excluding hydrogens is 643 g/mol. The van der Waals surface area contributed by atoms with Crippen LogP contribution in [0.15, 0.2) is 141 Å². The van der Waals surface area contributed by atoms with Gasteiger partial charge in [-0.3, -0.25) is 4.98 Å². The normalized spacial score (nSPS) is 11.8. The van der Waals surface area contributed by atoms with Crippen molar-refractivity contribution in [1.29, 1.82) is 0 Å². The first-order valence-electron chi connectivity index (χ1n) is 15.5. The molecule has 0 saturated carbocycles. The van der Waals surface area contributed by atoms with E-state index >= 15 is 0 Å². The minimum absolute atomic E-state index is 0.178. The Morgan fingerprint density at radius 2 is 1.06 bits per heavy atom. The summed E-state index contributed by atoms with van der Waals surface area (Å²) in [4.78, 5) is 7.79. The van der Waals surface area contributed by atoms with Crippen molar-refractivity contribution in [1.82, 2.24) is 4.98 Å². The summed E-state index contributed by atoms with van der Waals surface area (Å²) in [6, 6.07) is 36.9. The monoisotopic (exact) mass is 685 g/mol. The molecule has 48 heavy (non-hydrogen) atoms. The summed E-state index contributed by atoms with van der Waals surface area (Å²) in [6.45, 7) is 14.6. The topological polar surface area (TPSA) is 97.8 Å². The first-order chi connectivity index (χ1) is 22.6. The van der Waals surface area contributed by atoms with E-state index in [-0.39, 0.29) is 27.0 Å². The van der Waals surface area contributed by atoms with E-state index in [9.17, 15) is 13.0 Å². The fourth-order valence-corrected chi connectivity index (χ4v) is 6.93. The zero-order valence-electron chi connectivity index (χ0n) is 28.5. The average Bonchev–Trinajstić information content (AvgIpc) is 3.02. The van der Waals surface area contributed by atoms with Crippen LogP contribution in [0, 0.1) is 6.92 Å². The molecule has 0 aliphatic rings. The number of hydrogen-bond donors (Lipinski definition) is 0. The van der Waals surface area contributed by atoms with Gasteiger partial charge in [0.25, 0.3) is 0 Å². The third kappa shape index (κ3) is 11.7.